The smallest absolute Gasteiger partial charge is 0.306 e. The van der Waals surface area contributed by atoms with Gasteiger partial charge in [0.2, 0.25) is 0 Å². The Morgan fingerprint density at radius 1 is 0.318 bits per heavy atom. The maximum atomic E-state index is 12.8. The summed E-state index contributed by atoms with van der Waals surface area (Å²) in [6.07, 6.45) is 71.1. The summed E-state index contributed by atoms with van der Waals surface area (Å²) in [6.45, 7) is 6.43. The quantitative estimate of drug-likeness (QED) is 0.0262. The van der Waals surface area contributed by atoms with Crippen LogP contribution >= 0.6 is 0 Å². The second-order valence-corrected chi connectivity index (χ2v) is 17.7. The van der Waals surface area contributed by atoms with Gasteiger partial charge in [-0.3, -0.25) is 14.4 Å². The summed E-state index contributed by atoms with van der Waals surface area (Å²) in [5, 5.41) is 0. The first-order valence-electron chi connectivity index (χ1n) is 27.2. The monoisotopic (exact) mass is 917 g/mol. The highest BCUT2D eigenvalue weighted by molar-refractivity contribution is 5.71. The van der Waals surface area contributed by atoms with Crippen LogP contribution in [0, 0.1) is 0 Å². The number of unbranched alkanes of at least 4 members (excludes halogenated alkanes) is 21. The molecular weight excluding hydrogens is 817 g/mol. The predicted octanol–water partition coefficient (Wildman–Crippen LogP) is 18.1. The first kappa shape index (κ1) is 62.3. The van der Waals surface area contributed by atoms with Gasteiger partial charge in [0, 0.05) is 19.3 Å². The number of carbonyl (C=O) groups is 3. The summed E-state index contributed by atoms with van der Waals surface area (Å²) in [5.41, 5.74) is 0. The van der Waals surface area contributed by atoms with E-state index in [0.717, 1.165) is 103 Å². The minimum atomic E-state index is -0.811. The molecule has 6 heteroatoms. The topological polar surface area (TPSA) is 78.9 Å². The number of ether oxygens (including phenoxy) is 3. The van der Waals surface area contributed by atoms with Crippen molar-refractivity contribution in [3.05, 3.63) is 97.2 Å². The third-order valence-corrected chi connectivity index (χ3v) is 11.3. The Hall–Kier alpha value is -3.67. The number of hydrogen-bond donors (Lipinski definition) is 0. The molecule has 0 N–H and O–H groups in total. The molecule has 6 nitrogen and oxygen atoms in total. The van der Waals surface area contributed by atoms with Crippen molar-refractivity contribution in [3.8, 4) is 0 Å². The van der Waals surface area contributed by atoms with E-state index in [4.69, 9.17) is 14.2 Å². The summed E-state index contributed by atoms with van der Waals surface area (Å²) in [5.74, 6) is -0.990. The van der Waals surface area contributed by atoms with Crippen molar-refractivity contribution >= 4 is 17.9 Å². The van der Waals surface area contributed by atoms with Gasteiger partial charge in [-0.15, -0.1) is 0 Å². The molecule has 66 heavy (non-hydrogen) atoms. The molecule has 0 saturated heterocycles. The van der Waals surface area contributed by atoms with Gasteiger partial charge in [-0.05, 0) is 116 Å². The molecule has 0 spiro atoms. The van der Waals surface area contributed by atoms with Crippen LogP contribution in [-0.4, -0.2) is 37.2 Å². The molecule has 0 aliphatic rings. The van der Waals surface area contributed by atoms with Crippen molar-refractivity contribution in [3.63, 3.8) is 0 Å². The lowest BCUT2D eigenvalue weighted by molar-refractivity contribution is -0.167. The van der Waals surface area contributed by atoms with E-state index in [9.17, 15) is 14.4 Å². The van der Waals surface area contributed by atoms with Crippen molar-refractivity contribution in [2.75, 3.05) is 13.2 Å². The molecule has 0 radical (unpaired) electrons. The van der Waals surface area contributed by atoms with E-state index in [-0.39, 0.29) is 37.5 Å². The molecule has 0 amide bonds. The summed E-state index contributed by atoms with van der Waals surface area (Å²) >= 11 is 0. The second kappa shape index (κ2) is 53.9. The zero-order chi connectivity index (χ0) is 47.9. The van der Waals surface area contributed by atoms with Gasteiger partial charge in [0.05, 0.1) is 0 Å². The molecule has 0 saturated carbocycles. The van der Waals surface area contributed by atoms with Gasteiger partial charge in [-0.25, -0.2) is 0 Å². The summed E-state index contributed by atoms with van der Waals surface area (Å²) in [6, 6.07) is 0. The number of rotatable bonds is 48. The van der Waals surface area contributed by atoms with Crippen molar-refractivity contribution in [2.45, 2.75) is 252 Å². The molecule has 0 aromatic rings. The van der Waals surface area contributed by atoms with Crippen molar-refractivity contribution in [2.24, 2.45) is 0 Å². The highest BCUT2D eigenvalue weighted by atomic mass is 16.6. The number of carbonyl (C=O) groups excluding carboxylic acids is 3. The van der Waals surface area contributed by atoms with E-state index in [2.05, 4.69) is 118 Å². The number of esters is 3. The Kier molecular flexibility index (Phi) is 50.9. The normalized spacial score (nSPS) is 12.8. The standard InChI is InChI=1S/C60H100O6/c1-4-7-10-13-16-19-22-25-28-30-32-35-38-41-44-47-50-53-59(62)65-56-57(55-64-58(61)52-49-46-43-40-37-34-27-24-21-18-15-12-9-6-3)66-60(63)54-51-48-45-42-39-36-33-31-29-26-23-20-17-14-11-8-5-2/h7,10,16-17,19-20,25-26,28-29,32,34-35,37,41,44,57H,4-6,8-9,11-15,18,21-24,27,30-31,33,36,38-40,42-43,45-56H2,1-3H3/b10-7-,19-16-,20-17-,28-25-,29-26-,35-32-,37-34-,44-41-. The van der Waals surface area contributed by atoms with Gasteiger partial charge in [0.25, 0.3) is 0 Å². The predicted molar refractivity (Wildman–Crippen MR) is 284 cm³/mol. The van der Waals surface area contributed by atoms with Crippen LogP contribution in [0.25, 0.3) is 0 Å². The largest absolute Gasteiger partial charge is 0.462 e. The van der Waals surface area contributed by atoms with Gasteiger partial charge in [0.1, 0.15) is 13.2 Å². The van der Waals surface area contributed by atoms with Crippen molar-refractivity contribution in [1.29, 1.82) is 0 Å². The molecule has 0 aromatic heterocycles. The minimum Gasteiger partial charge on any atom is -0.462 e. The number of hydrogen-bond acceptors (Lipinski definition) is 6. The van der Waals surface area contributed by atoms with Crippen LogP contribution in [0.1, 0.15) is 245 Å². The first-order chi connectivity index (χ1) is 32.5. The zero-order valence-corrected chi connectivity index (χ0v) is 42.9. The van der Waals surface area contributed by atoms with Crippen molar-refractivity contribution < 1.29 is 28.6 Å². The first-order valence-corrected chi connectivity index (χ1v) is 27.2. The minimum absolute atomic E-state index is 0.107. The fraction of sp³-hybridized carbons (Fsp3) is 0.683. The molecule has 0 rings (SSSR count). The Bertz CT molecular complexity index is 1330. The molecule has 1 atom stereocenters. The maximum Gasteiger partial charge on any atom is 0.306 e. The summed E-state index contributed by atoms with van der Waals surface area (Å²) in [4.78, 5) is 38.0. The SMILES string of the molecule is CC/C=C\C/C=C\C/C=C\C/C=C\C/C=C\CCCC(=O)OCC(COC(=O)CCCCC/C=C\CCCCCCCCC)OC(=O)CCCCCCCCC/C=C\C/C=C\CCCCC. The van der Waals surface area contributed by atoms with Gasteiger partial charge in [-0.1, -0.05) is 208 Å². The van der Waals surface area contributed by atoms with Crippen LogP contribution in [0.3, 0.4) is 0 Å². The lowest BCUT2D eigenvalue weighted by Crippen LogP contribution is -2.30. The average Bonchev–Trinajstić information content (AvgIpc) is 3.31. The van der Waals surface area contributed by atoms with Crippen molar-refractivity contribution in [1.82, 2.24) is 0 Å². The molecule has 0 heterocycles. The van der Waals surface area contributed by atoms with E-state index in [0.29, 0.717) is 19.3 Å². The highest BCUT2D eigenvalue weighted by Gasteiger charge is 2.19. The Morgan fingerprint density at radius 3 is 1.05 bits per heavy atom. The third kappa shape index (κ3) is 51.3. The molecular formula is C60H100O6. The molecule has 0 bridgehead atoms. The molecule has 0 fully saturated rings. The molecule has 0 aliphatic carbocycles. The van der Waals surface area contributed by atoms with E-state index in [1.807, 2.05) is 0 Å². The van der Waals surface area contributed by atoms with Gasteiger partial charge in [-0.2, -0.15) is 0 Å². The maximum absolute atomic E-state index is 12.8. The highest BCUT2D eigenvalue weighted by Crippen LogP contribution is 2.13. The lowest BCUT2D eigenvalue weighted by atomic mass is 10.1. The van der Waals surface area contributed by atoms with E-state index >= 15 is 0 Å². The van der Waals surface area contributed by atoms with Gasteiger partial charge >= 0.3 is 17.9 Å². The van der Waals surface area contributed by atoms with Crippen LogP contribution in [0.2, 0.25) is 0 Å². The molecule has 1 unspecified atom stereocenters. The Labute approximate surface area is 407 Å². The third-order valence-electron chi connectivity index (χ3n) is 11.3. The van der Waals surface area contributed by atoms with E-state index in [1.54, 1.807) is 0 Å². The Morgan fingerprint density at radius 2 is 0.606 bits per heavy atom. The van der Waals surface area contributed by atoms with Crippen LogP contribution < -0.4 is 0 Å². The van der Waals surface area contributed by atoms with Crippen LogP contribution in [0.15, 0.2) is 97.2 Å². The van der Waals surface area contributed by atoms with Crippen LogP contribution in [0.4, 0.5) is 0 Å². The fourth-order valence-corrected chi connectivity index (χ4v) is 7.21. The van der Waals surface area contributed by atoms with E-state index < -0.39 is 6.10 Å². The summed E-state index contributed by atoms with van der Waals surface area (Å²) < 4.78 is 16.8. The van der Waals surface area contributed by atoms with Gasteiger partial charge in [0.15, 0.2) is 6.10 Å². The fourth-order valence-electron chi connectivity index (χ4n) is 7.21. The molecule has 376 valence electrons. The van der Waals surface area contributed by atoms with Gasteiger partial charge < -0.3 is 14.2 Å². The Balaban J connectivity index is 4.51. The zero-order valence-electron chi connectivity index (χ0n) is 42.9. The van der Waals surface area contributed by atoms with Crippen LogP contribution in [0.5, 0.6) is 0 Å². The second-order valence-electron chi connectivity index (χ2n) is 17.7. The summed E-state index contributed by atoms with van der Waals surface area (Å²) in [7, 11) is 0. The average molecular weight is 917 g/mol. The van der Waals surface area contributed by atoms with E-state index in [1.165, 1.54) is 96.3 Å². The van der Waals surface area contributed by atoms with Crippen LogP contribution in [-0.2, 0) is 28.6 Å². The molecule has 0 aromatic carbocycles. The number of allylic oxidation sites excluding steroid dienone is 16. The lowest BCUT2D eigenvalue weighted by Gasteiger charge is -2.18. The molecule has 0 aliphatic heterocycles.